The fourth-order valence-corrected chi connectivity index (χ4v) is 2.59. The van der Waals surface area contributed by atoms with E-state index in [1.165, 1.54) is 16.8 Å². The highest BCUT2D eigenvalue weighted by atomic mass is 16.5. The number of nitrogens with one attached hydrogen (secondary N) is 1. The maximum Gasteiger partial charge on any atom is 0.276 e. The fraction of sp³-hybridized carbons (Fsp3) is 0.227. The van der Waals surface area contributed by atoms with Gasteiger partial charge in [-0.3, -0.25) is 9.59 Å². The summed E-state index contributed by atoms with van der Waals surface area (Å²) in [6, 6.07) is 19.2. The van der Waals surface area contributed by atoms with Crippen LogP contribution in [0.4, 0.5) is 5.69 Å². The number of benzene rings is 2. The van der Waals surface area contributed by atoms with Gasteiger partial charge in [0.2, 0.25) is 0 Å². The highest BCUT2D eigenvalue weighted by Gasteiger charge is 2.13. The summed E-state index contributed by atoms with van der Waals surface area (Å²) < 4.78 is 12.5. The van der Waals surface area contributed by atoms with Crippen molar-refractivity contribution in [1.29, 1.82) is 0 Å². The summed E-state index contributed by atoms with van der Waals surface area (Å²) in [6.45, 7) is 3.05. The molecule has 0 saturated carbocycles. The number of ether oxygens (including phenoxy) is 2. The molecule has 0 aliphatic heterocycles. The summed E-state index contributed by atoms with van der Waals surface area (Å²) in [6.07, 6.45) is 0.861. The number of para-hydroxylation sites is 3. The summed E-state index contributed by atoms with van der Waals surface area (Å²) in [5, 5.41) is 6.95. The fourth-order valence-electron chi connectivity index (χ4n) is 2.59. The smallest absolute Gasteiger partial charge is 0.276 e. The number of hydrogen-bond donors (Lipinski definition) is 1. The van der Waals surface area contributed by atoms with Gasteiger partial charge in [-0.2, -0.15) is 5.10 Å². The molecule has 0 aliphatic rings. The van der Waals surface area contributed by atoms with Crippen molar-refractivity contribution in [3.63, 3.8) is 0 Å². The van der Waals surface area contributed by atoms with Crippen LogP contribution >= 0.6 is 0 Å². The minimum absolute atomic E-state index is 0.134. The van der Waals surface area contributed by atoms with Crippen molar-refractivity contribution in [2.75, 3.05) is 18.5 Å². The number of carbonyl (C=O) groups is 1. The minimum atomic E-state index is -0.421. The van der Waals surface area contributed by atoms with Crippen molar-refractivity contribution in [3.8, 4) is 11.5 Å². The van der Waals surface area contributed by atoms with Crippen LogP contribution in [0.3, 0.4) is 0 Å². The maximum atomic E-state index is 12.6. The van der Waals surface area contributed by atoms with Gasteiger partial charge in [0.05, 0.1) is 18.8 Å². The number of amides is 1. The van der Waals surface area contributed by atoms with Crippen LogP contribution in [0.1, 0.15) is 23.8 Å². The molecule has 0 radical (unpaired) electrons. The molecule has 0 spiro atoms. The predicted octanol–water partition coefficient (Wildman–Crippen LogP) is 3.36. The van der Waals surface area contributed by atoms with Crippen LogP contribution in [0.2, 0.25) is 0 Å². The first kappa shape index (κ1) is 20.1. The van der Waals surface area contributed by atoms with Gasteiger partial charge in [0, 0.05) is 6.07 Å². The molecule has 0 unspecified atom stereocenters. The van der Waals surface area contributed by atoms with Crippen LogP contribution in [0.15, 0.2) is 71.5 Å². The molecule has 3 aromatic rings. The van der Waals surface area contributed by atoms with Crippen LogP contribution in [-0.2, 0) is 6.54 Å². The summed E-state index contributed by atoms with van der Waals surface area (Å²) in [5.74, 6) is 0.876. The minimum Gasteiger partial charge on any atom is -0.492 e. The molecule has 0 fully saturated rings. The molecule has 1 N–H and O–H groups in total. The molecule has 2 aromatic carbocycles. The van der Waals surface area contributed by atoms with Gasteiger partial charge in [-0.25, -0.2) is 4.68 Å². The Morgan fingerprint density at radius 2 is 1.72 bits per heavy atom. The first-order valence-corrected chi connectivity index (χ1v) is 9.46. The zero-order chi connectivity index (χ0) is 20.5. The van der Waals surface area contributed by atoms with Gasteiger partial charge in [-0.15, -0.1) is 0 Å². The lowest BCUT2D eigenvalue weighted by molar-refractivity contribution is 0.101. The lowest BCUT2D eigenvalue weighted by Gasteiger charge is -2.12. The molecule has 0 bridgehead atoms. The molecule has 1 aromatic heterocycles. The highest BCUT2D eigenvalue weighted by molar-refractivity contribution is 6.03. The number of anilines is 1. The number of aromatic nitrogens is 2. The van der Waals surface area contributed by atoms with Crippen molar-refractivity contribution in [2.45, 2.75) is 19.9 Å². The summed E-state index contributed by atoms with van der Waals surface area (Å²) in [4.78, 5) is 24.7. The van der Waals surface area contributed by atoms with E-state index in [2.05, 4.69) is 10.4 Å². The second-order valence-corrected chi connectivity index (χ2v) is 6.24. The van der Waals surface area contributed by atoms with Gasteiger partial charge >= 0.3 is 0 Å². The zero-order valence-electron chi connectivity index (χ0n) is 16.2. The van der Waals surface area contributed by atoms with Crippen LogP contribution < -0.4 is 20.3 Å². The summed E-state index contributed by atoms with van der Waals surface area (Å²) in [5.41, 5.74) is 0.386. The lowest BCUT2D eigenvalue weighted by Crippen LogP contribution is -2.28. The Balaban J connectivity index is 1.67. The van der Waals surface area contributed by atoms with E-state index in [0.717, 1.165) is 6.42 Å². The standard InChI is InChI=1S/C22H23N3O4/c1-2-15-29-20-11-7-6-10-18(20)23-22(27)19-12-13-21(26)25(24-19)14-16-28-17-8-4-3-5-9-17/h3-13H,2,14-16H2,1H3,(H,23,27). The van der Waals surface area contributed by atoms with Gasteiger partial charge < -0.3 is 14.8 Å². The monoisotopic (exact) mass is 393 g/mol. The Labute approximate surface area is 168 Å². The molecule has 7 heteroatoms. The second-order valence-electron chi connectivity index (χ2n) is 6.24. The Morgan fingerprint density at radius 3 is 2.52 bits per heavy atom. The molecule has 1 heterocycles. The van der Waals surface area contributed by atoms with Crippen LogP contribution in [0.5, 0.6) is 11.5 Å². The Bertz CT molecular complexity index is 1000. The maximum absolute atomic E-state index is 12.6. The molecule has 0 saturated heterocycles. The molecule has 7 nitrogen and oxygen atoms in total. The molecular formula is C22H23N3O4. The van der Waals surface area contributed by atoms with Crippen molar-refractivity contribution >= 4 is 11.6 Å². The van der Waals surface area contributed by atoms with Gasteiger partial charge in [0.25, 0.3) is 11.5 Å². The van der Waals surface area contributed by atoms with E-state index in [0.29, 0.717) is 23.8 Å². The summed E-state index contributed by atoms with van der Waals surface area (Å²) in [7, 11) is 0. The van der Waals surface area contributed by atoms with Gasteiger partial charge in [-0.1, -0.05) is 37.3 Å². The van der Waals surface area contributed by atoms with E-state index in [4.69, 9.17) is 9.47 Å². The van der Waals surface area contributed by atoms with Crippen molar-refractivity contribution in [1.82, 2.24) is 9.78 Å². The van der Waals surface area contributed by atoms with Crippen molar-refractivity contribution in [3.05, 3.63) is 82.8 Å². The van der Waals surface area contributed by atoms with Gasteiger partial charge in [0.1, 0.15) is 23.8 Å². The summed E-state index contributed by atoms with van der Waals surface area (Å²) >= 11 is 0. The number of hydrogen-bond acceptors (Lipinski definition) is 5. The van der Waals surface area contributed by atoms with Crippen LogP contribution in [-0.4, -0.2) is 28.9 Å². The average molecular weight is 393 g/mol. The second kappa shape index (κ2) is 10.1. The Hall–Kier alpha value is -3.61. The molecular weight excluding hydrogens is 370 g/mol. The topological polar surface area (TPSA) is 82.5 Å². The van der Waals surface area contributed by atoms with Crippen molar-refractivity contribution in [2.24, 2.45) is 0 Å². The number of nitrogens with zero attached hydrogens (tertiary/aromatic N) is 2. The average Bonchev–Trinajstić information content (AvgIpc) is 2.75. The van der Waals surface area contributed by atoms with E-state index >= 15 is 0 Å². The normalized spacial score (nSPS) is 10.4. The molecule has 29 heavy (non-hydrogen) atoms. The van der Waals surface area contributed by atoms with Crippen molar-refractivity contribution < 1.29 is 14.3 Å². The van der Waals surface area contributed by atoms with E-state index in [9.17, 15) is 9.59 Å². The van der Waals surface area contributed by atoms with E-state index < -0.39 is 5.91 Å². The Kier molecular flexibility index (Phi) is 7.00. The molecule has 0 aliphatic carbocycles. The predicted molar refractivity (Wildman–Crippen MR) is 111 cm³/mol. The van der Waals surface area contributed by atoms with Gasteiger partial charge in [0.15, 0.2) is 0 Å². The van der Waals surface area contributed by atoms with E-state index in [1.54, 1.807) is 12.1 Å². The third-order valence-electron chi connectivity index (χ3n) is 4.01. The number of rotatable bonds is 9. The number of carbonyl (C=O) groups excluding carboxylic acids is 1. The van der Waals surface area contributed by atoms with E-state index in [-0.39, 0.29) is 24.4 Å². The SMILES string of the molecule is CCCOc1ccccc1NC(=O)c1ccc(=O)n(CCOc2ccccc2)n1. The Morgan fingerprint density at radius 1 is 0.966 bits per heavy atom. The highest BCUT2D eigenvalue weighted by Crippen LogP contribution is 2.24. The molecule has 3 rings (SSSR count). The first-order chi connectivity index (χ1) is 14.2. The zero-order valence-corrected chi connectivity index (χ0v) is 16.2. The third kappa shape index (κ3) is 5.68. The molecule has 150 valence electrons. The van der Waals surface area contributed by atoms with Gasteiger partial charge in [-0.05, 0) is 36.8 Å². The van der Waals surface area contributed by atoms with Crippen LogP contribution in [0.25, 0.3) is 0 Å². The molecule has 1 amide bonds. The first-order valence-electron chi connectivity index (χ1n) is 9.46. The third-order valence-corrected chi connectivity index (χ3v) is 4.01. The van der Waals surface area contributed by atoms with Crippen LogP contribution in [0, 0.1) is 0 Å². The largest absolute Gasteiger partial charge is 0.492 e. The van der Waals surface area contributed by atoms with E-state index in [1.807, 2.05) is 49.4 Å². The molecule has 0 atom stereocenters. The quantitative estimate of drug-likeness (QED) is 0.603. The lowest BCUT2D eigenvalue weighted by atomic mass is 10.2.